The first-order valence-electron chi connectivity index (χ1n) is 4.58. The largest absolute Gasteiger partial charge is 0.359 e. The molecule has 0 bridgehead atoms. The Morgan fingerprint density at radius 1 is 1.57 bits per heavy atom. The first-order chi connectivity index (χ1) is 6.77. The summed E-state index contributed by atoms with van der Waals surface area (Å²) >= 11 is 0. The highest BCUT2D eigenvalue weighted by Gasteiger charge is 2.15. The number of pyridine rings is 1. The molecule has 1 heterocycles. The SMILES string of the molecule is CNC(=O)C(CN)Cc1ccncc1. The molecule has 4 nitrogen and oxygen atoms in total. The second kappa shape index (κ2) is 5.34. The van der Waals surface area contributed by atoms with Crippen molar-refractivity contribution >= 4 is 5.91 Å². The van der Waals surface area contributed by atoms with Gasteiger partial charge in [0, 0.05) is 26.0 Å². The number of amides is 1. The number of rotatable bonds is 4. The minimum absolute atomic E-state index is 0.00990. The molecule has 0 spiro atoms. The molecule has 0 fully saturated rings. The van der Waals surface area contributed by atoms with Gasteiger partial charge in [0.1, 0.15) is 0 Å². The maximum Gasteiger partial charge on any atom is 0.224 e. The highest BCUT2D eigenvalue weighted by Crippen LogP contribution is 2.06. The van der Waals surface area contributed by atoms with Gasteiger partial charge in [-0.05, 0) is 24.1 Å². The number of nitrogens with two attached hydrogens (primary N) is 1. The highest BCUT2D eigenvalue weighted by atomic mass is 16.1. The number of aromatic nitrogens is 1. The van der Waals surface area contributed by atoms with Crippen molar-refractivity contribution in [2.24, 2.45) is 11.7 Å². The van der Waals surface area contributed by atoms with Crippen LogP contribution < -0.4 is 11.1 Å². The Bertz CT molecular complexity index is 287. The fourth-order valence-corrected chi connectivity index (χ4v) is 1.29. The topological polar surface area (TPSA) is 68.0 Å². The quantitative estimate of drug-likeness (QED) is 0.704. The van der Waals surface area contributed by atoms with E-state index in [9.17, 15) is 4.79 Å². The van der Waals surface area contributed by atoms with Crippen LogP contribution in [-0.4, -0.2) is 24.5 Å². The van der Waals surface area contributed by atoms with Crippen molar-refractivity contribution in [1.82, 2.24) is 10.3 Å². The third-order valence-corrected chi connectivity index (χ3v) is 2.13. The zero-order valence-corrected chi connectivity index (χ0v) is 8.23. The van der Waals surface area contributed by atoms with E-state index in [1.807, 2.05) is 12.1 Å². The highest BCUT2D eigenvalue weighted by molar-refractivity contribution is 5.78. The lowest BCUT2D eigenvalue weighted by molar-refractivity contribution is -0.124. The summed E-state index contributed by atoms with van der Waals surface area (Å²) in [5.41, 5.74) is 6.60. The predicted molar refractivity (Wildman–Crippen MR) is 54.6 cm³/mol. The standard InChI is InChI=1S/C10H15N3O/c1-12-10(14)9(7-11)6-8-2-4-13-5-3-8/h2-5,9H,6-7,11H2,1H3,(H,12,14). The third-order valence-electron chi connectivity index (χ3n) is 2.13. The van der Waals surface area contributed by atoms with Crippen LogP contribution in [0.1, 0.15) is 5.56 Å². The van der Waals surface area contributed by atoms with E-state index in [0.29, 0.717) is 13.0 Å². The van der Waals surface area contributed by atoms with Gasteiger partial charge in [0.15, 0.2) is 0 Å². The number of carbonyl (C=O) groups excluding carboxylic acids is 1. The summed E-state index contributed by atoms with van der Waals surface area (Å²) in [5.74, 6) is -0.160. The number of carbonyl (C=O) groups is 1. The molecule has 3 N–H and O–H groups in total. The zero-order chi connectivity index (χ0) is 10.4. The molecule has 0 aliphatic heterocycles. The molecular formula is C10H15N3O. The van der Waals surface area contributed by atoms with Gasteiger partial charge in [-0.25, -0.2) is 0 Å². The van der Waals surface area contributed by atoms with Gasteiger partial charge in [-0.3, -0.25) is 9.78 Å². The molecule has 1 aromatic heterocycles. The van der Waals surface area contributed by atoms with Crippen LogP contribution >= 0.6 is 0 Å². The summed E-state index contributed by atoms with van der Waals surface area (Å²) in [6.07, 6.45) is 4.10. The zero-order valence-electron chi connectivity index (χ0n) is 8.23. The van der Waals surface area contributed by atoms with E-state index < -0.39 is 0 Å². The van der Waals surface area contributed by atoms with Crippen LogP contribution in [0.25, 0.3) is 0 Å². The van der Waals surface area contributed by atoms with Crippen molar-refractivity contribution in [3.05, 3.63) is 30.1 Å². The van der Waals surface area contributed by atoms with Crippen LogP contribution in [0.2, 0.25) is 0 Å². The summed E-state index contributed by atoms with van der Waals surface area (Å²) in [7, 11) is 1.62. The van der Waals surface area contributed by atoms with E-state index in [0.717, 1.165) is 5.56 Å². The van der Waals surface area contributed by atoms with Gasteiger partial charge in [-0.1, -0.05) is 0 Å². The van der Waals surface area contributed by atoms with Crippen molar-refractivity contribution in [3.8, 4) is 0 Å². The molecule has 0 saturated heterocycles. The molecule has 14 heavy (non-hydrogen) atoms. The Morgan fingerprint density at radius 2 is 2.21 bits per heavy atom. The summed E-state index contributed by atoms with van der Waals surface area (Å²) in [4.78, 5) is 15.3. The predicted octanol–water partition coefficient (Wildman–Crippen LogP) is -0.0550. The smallest absolute Gasteiger partial charge is 0.224 e. The Balaban J connectivity index is 2.62. The molecule has 1 unspecified atom stereocenters. The Kier molecular flexibility index (Phi) is 4.07. The molecule has 0 radical (unpaired) electrons. The van der Waals surface area contributed by atoms with Crippen molar-refractivity contribution < 1.29 is 4.79 Å². The Hall–Kier alpha value is -1.42. The molecule has 1 amide bonds. The number of nitrogens with one attached hydrogen (secondary N) is 1. The van der Waals surface area contributed by atoms with E-state index >= 15 is 0 Å². The third kappa shape index (κ3) is 2.81. The van der Waals surface area contributed by atoms with Crippen LogP contribution in [0.5, 0.6) is 0 Å². The van der Waals surface area contributed by atoms with Gasteiger partial charge in [-0.2, -0.15) is 0 Å². The molecule has 4 heteroatoms. The summed E-state index contributed by atoms with van der Waals surface area (Å²) < 4.78 is 0. The molecular weight excluding hydrogens is 178 g/mol. The van der Waals surface area contributed by atoms with Crippen LogP contribution in [0.3, 0.4) is 0 Å². The second-order valence-electron chi connectivity index (χ2n) is 3.11. The maximum atomic E-state index is 11.3. The maximum absolute atomic E-state index is 11.3. The summed E-state index contributed by atoms with van der Waals surface area (Å²) in [5, 5.41) is 2.60. The van der Waals surface area contributed by atoms with Crippen LogP contribution in [0.4, 0.5) is 0 Å². The van der Waals surface area contributed by atoms with Gasteiger partial charge in [0.2, 0.25) is 5.91 Å². The first kappa shape index (κ1) is 10.7. The average molecular weight is 193 g/mol. The fraction of sp³-hybridized carbons (Fsp3) is 0.400. The second-order valence-corrected chi connectivity index (χ2v) is 3.11. The van der Waals surface area contributed by atoms with E-state index in [-0.39, 0.29) is 11.8 Å². The number of hydrogen-bond acceptors (Lipinski definition) is 3. The van der Waals surface area contributed by atoms with Crippen molar-refractivity contribution in [2.45, 2.75) is 6.42 Å². The molecule has 1 aromatic rings. The molecule has 1 atom stereocenters. The lowest BCUT2D eigenvalue weighted by atomic mass is 9.99. The van der Waals surface area contributed by atoms with Crippen molar-refractivity contribution in [3.63, 3.8) is 0 Å². The van der Waals surface area contributed by atoms with Crippen LogP contribution in [0, 0.1) is 5.92 Å². The monoisotopic (exact) mass is 193 g/mol. The van der Waals surface area contributed by atoms with E-state index in [4.69, 9.17) is 5.73 Å². The first-order valence-corrected chi connectivity index (χ1v) is 4.58. The van der Waals surface area contributed by atoms with E-state index in [1.165, 1.54) is 0 Å². The normalized spacial score (nSPS) is 12.1. The lowest BCUT2D eigenvalue weighted by Crippen LogP contribution is -2.34. The van der Waals surface area contributed by atoms with Crippen molar-refractivity contribution in [1.29, 1.82) is 0 Å². The number of nitrogens with zero attached hydrogens (tertiary/aromatic N) is 1. The summed E-state index contributed by atoms with van der Waals surface area (Å²) in [6, 6.07) is 3.79. The van der Waals surface area contributed by atoms with E-state index in [2.05, 4.69) is 10.3 Å². The Labute approximate surface area is 83.5 Å². The van der Waals surface area contributed by atoms with Gasteiger partial charge in [0.25, 0.3) is 0 Å². The van der Waals surface area contributed by atoms with Gasteiger partial charge < -0.3 is 11.1 Å². The van der Waals surface area contributed by atoms with Gasteiger partial charge >= 0.3 is 0 Å². The minimum Gasteiger partial charge on any atom is -0.359 e. The fourth-order valence-electron chi connectivity index (χ4n) is 1.29. The van der Waals surface area contributed by atoms with E-state index in [1.54, 1.807) is 19.4 Å². The van der Waals surface area contributed by atoms with Gasteiger partial charge in [0.05, 0.1) is 5.92 Å². The molecule has 0 aliphatic rings. The molecule has 0 saturated carbocycles. The molecule has 1 rings (SSSR count). The molecule has 0 aliphatic carbocycles. The van der Waals surface area contributed by atoms with Crippen LogP contribution in [-0.2, 0) is 11.2 Å². The van der Waals surface area contributed by atoms with Crippen LogP contribution in [0.15, 0.2) is 24.5 Å². The average Bonchev–Trinajstić information content (AvgIpc) is 2.26. The minimum atomic E-state index is -0.151. The summed E-state index contributed by atoms with van der Waals surface area (Å²) in [6.45, 7) is 0.363. The number of hydrogen-bond donors (Lipinski definition) is 2. The van der Waals surface area contributed by atoms with Gasteiger partial charge in [-0.15, -0.1) is 0 Å². The lowest BCUT2D eigenvalue weighted by Gasteiger charge is -2.12. The Morgan fingerprint density at radius 3 is 2.71 bits per heavy atom. The van der Waals surface area contributed by atoms with Crippen molar-refractivity contribution in [2.75, 3.05) is 13.6 Å². The molecule has 0 aromatic carbocycles. The molecule has 76 valence electrons.